The van der Waals surface area contributed by atoms with Crippen molar-refractivity contribution in [3.63, 3.8) is 0 Å². The zero-order chi connectivity index (χ0) is 15.0. The molecule has 114 valence electrons. The normalized spacial score (nSPS) is 10.8. The lowest BCUT2D eigenvalue weighted by molar-refractivity contribution is 0.141. The van der Waals surface area contributed by atoms with Gasteiger partial charge in [-0.05, 0) is 19.9 Å². The van der Waals surface area contributed by atoms with Crippen LogP contribution in [0.5, 0.6) is 0 Å². The smallest absolute Gasteiger partial charge is 0.143 e. The van der Waals surface area contributed by atoms with Crippen molar-refractivity contribution in [1.82, 2.24) is 0 Å². The minimum atomic E-state index is -0.512. The Morgan fingerprint density at radius 2 is 1.70 bits per heavy atom. The van der Waals surface area contributed by atoms with Crippen LogP contribution in [0.2, 0.25) is 5.02 Å². The van der Waals surface area contributed by atoms with Crippen LogP contribution < -0.4 is 10.6 Å². The maximum atomic E-state index is 13.4. The second kappa shape index (κ2) is 9.00. The summed E-state index contributed by atoms with van der Waals surface area (Å²) in [6, 6.07) is 2.79. The molecule has 0 saturated carbocycles. The first kappa shape index (κ1) is 17.0. The van der Waals surface area contributed by atoms with Crippen molar-refractivity contribution in [2.24, 2.45) is 0 Å². The van der Waals surface area contributed by atoms with Gasteiger partial charge in [-0.1, -0.05) is 11.6 Å². The van der Waals surface area contributed by atoms with E-state index in [4.69, 9.17) is 26.8 Å². The Bertz CT molecular complexity index is 408. The quantitative estimate of drug-likeness (QED) is 0.563. The van der Waals surface area contributed by atoms with Crippen LogP contribution in [0.25, 0.3) is 0 Å². The van der Waals surface area contributed by atoms with Gasteiger partial charge >= 0.3 is 0 Å². The molecule has 20 heavy (non-hydrogen) atoms. The van der Waals surface area contributed by atoms with Gasteiger partial charge in [-0.2, -0.15) is 0 Å². The third-order valence-electron chi connectivity index (χ3n) is 2.83. The molecule has 0 atom stereocenters. The molecule has 0 bridgehead atoms. The van der Waals surface area contributed by atoms with Crippen LogP contribution in [0.1, 0.15) is 13.8 Å². The fraction of sp³-hybridized carbons (Fsp3) is 0.571. The lowest BCUT2D eigenvalue weighted by atomic mass is 10.2. The second-order valence-electron chi connectivity index (χ2n) is 4.21. The van der Waals surface area contributed by atoms with Gasteiger partial charge in [-0.25, -0.2) is 4.39 Å². The van der Waals surface area contributed by atoms with Crippen LogP contribution in [-0.4, -0.2) is 39.5 Å². The molecule has 0 aliphatic rings. The molecule has 0 aliphatic carbocycles. The summed E-state index contributed by atoms with van der Waals surface area (Å²) in [6.45, 7) is 7.60. The predicted octanol–water partition coefficient (Wildman–Crippen LogP) is 2.94. The minimum Gasteiger partial charge on any atom is -0.397 e. The van der Waals surface area contributed by atoms with Gasteiger partial charge in [-0.15, -0.1) is 0 Å². The molecule has 0 amide bonds. The van der Waals surface area contributed by atoms with Crippen molar-refractivity contribution in [1.29, 1.82) is 0 Å². The molecule has 6 heteroatoms. The first-order valence-corrected chi connectivity index (χ1v) is 7.12. The van der Waals surface area contributed by atoms with Gasteiger partial charge in [0.1, 0.15) is 5.82 Å². The molecule has 0 fully saturated rings. The third kappa shape index (κ3) is 5.15. The fourth-order valence-corrected chi connectivity index (χ4v) is 1.97. The number of ether oxygens (including phenoxy) is 2. The number of rotatable bonds is 9. The average Bonchev–Trinajstić information content (AvgIpc) is 2.42. The highest BCUT2D eigenvalue weighted by Gasteiger charge is 2.13. The Labute approximate surface area is 124 Å². The topological polar surface area (TPSA) is 47.7 Å². The number of halogens is 2. The molecular weight excluding hydrogens is 283 g/mol. The van der Waals surface area contributed by atoms with Gasteiger partial charge in [0.05, 0.1) is 29.6 Å². The molecule has 0 saturated heterocycles. The minimum absolute atomic E-state index is 0.0621. The zero-order valence-electron chi connectivity index (χ0n) is 12.0. The first-order chi connectivity index (χ1) is 9.60. The van der Waals surface area contributed by atoms with Crippen molar-refractivity contribution < 1.29 is 13.9 Å². The summed E-state index contributed by atoms with van der Waals surface area (Å²) in [7, 11) is 0. The summed E-state index contributed by atoms with van der Waals surface area (Å²) < 4.78 is 24.1. The van der Waals surface area contributed by atoms with Crippen LogP contribution in [0, 0.1) is 5.82 Å². The van der Waals surface area contributed by atoms with E-state index in [-0.39, 0.29) is 5.02 Å². The van der Waals surface area contributed by atoms with Gasteiger partial charge in [0.2, 0.25) is 0 Å². The highest BCUT2D eigenvalue weighted by atomic mass is 35.5. The Kier molecular flexibility index (Phi) is 7.65. The van der Waals surface area contributed by atoms with E-state index < -0.39 is 5.82 Å². The largest absolute Gasteiger partial charge is 0.397 e. The van der Waals surface area contributed by atoms with E-state index in [0.29, 0.717) is 50.9 Å². The van der Waals surface area contributed by atoms with Crippen LogP contribution in [0.15, 0.2) is 12.1 Å². The lowest BCUT2D eigenvalue weighted by Crippen LogP contribution is -2.31. The molecule has 0 radical (unpaired) electrons. The maximum Gasteiger partial charge on any atom is 0.143 e. The molecule has 0 aromatic heterocycles. The van der Waals surface area contributed by atoms with Crippen molar-refractivity contribution in [2.45, 2.75) is 13.8 Å². The lowest BCUT2D eigenvalue weighted by Gasteiger charge is -2.26. The first-order valence-electron chi connectivity index (χ1n) is 6.75. The van der Waals surface area contributed by atoms with Crippen LogP contribution in [0.3, 0.4) is 0 Å². The molecule has 2 N–H and O–H groups in total. The van der Waals surface area contributed by atoms with Gasteiger partial charge in [0.25, 0.3) is 0 Å². The molecule has 1 aromatic rings. The van der Waals surface area contributed by atoms with Crippen molar-refractivity contribution >= 4 is 23.0 Å². The van der Waals surface area contributed by atoms with Crippen LogP contribution in [0.4, 0.5) is 15.8 Å². The van der Waals surface area contributed by atoms with Crippen LogP contribution in [-0.2, 0) is 9.47 Å². The molecular formula is C14H22ClFN2O2. The molecule has 1 rings (SSSR count). The van der Waals surface area contributed by atoms with Crippen molar-refractivity contribution in [3.05, 3.63) is 23.0 Å². The summed E-state index contributed by atoms with van der Waals surface area (Å²) >= 11 is 5.83. The third-order valence-corrected chi connectivity index (χ3v) is 3.12. The number of nitrogen functional groups attached to an aromatic ring is 1. The van der Waals surface area contributed by atoms with E-state index in [1.807, 2.05) is 18.7 Å². The molecule has 1 aromatic carbocycles. The van der Waals surface area contributed by atoms with E-state index in [9.17, 15) is 4.39 Å². The van der Waals surface area contributed by atoms with Gasteiger partial charge in [0.15, 0.2) is 0 Å². The number of hydrogen-bond donors (Lipinski definition) is 1. The summed E-state index contributed by atoms with van der Waals surface area (Å²) in [5, 5.41) is 0.0621. The average molecular weight is 305 g/mol. The van der Waals surface area contributed by atoms with Gasteiger partial charge in [-0.3, -0.25) is 0 Å². The molecule has 4 nitrogen and oxygen atoms in total. The van der Waals surface area contributed by atoms with E-state index in [1.165, 1.54) is 6.07 Å². The summed E-state index contributed by atoms with van der Waals surface area (Å²) in [5.41, 5.74) is 6.94. The standard InChI is InChI=1S/C14H22ClFN2O2/c1-3-19-7-5-18(6-8-20-4-2)14-9-11(15)12(16)10-13(14)17/h9-10H,3-8,17H2,1-2H3. The fourth-order valence-electron chi connectivity index (χ4n) is 1.82. The molecule has 0 heterocycles. The Hall–Kier alpha value is -1.04. The Morgan fingerprint density at radius 3 is 2.20 bits per heavy atom. The van der Waals surface area contributed by atoms with E-state index in [1.54, 1.807) is 6.07 Å². The van der Waals surface area contributed by atoms with E-state index in [2.05, 4.69) is 0 Å². The summed E-state index contributed by atoms with van der Waals surface area (Å²) in [5.74, 6) is -0.512. The van der Waals surface area contributed by atoms with Gasteiger partial charge in [0, 0.05) is 32.4 Å². The van der Waals surface area contributed by atoms with Crippen molar-refractivity contribution in [2.75, 3.05) is 50.2 Å². The molecule has 0 spiro atoms. The van der Waals surface area contributed by atoms with Gasteiger partial charge < -0.3 is 20.1 Å². The number of benzene rings is 1. The SMILES string of the molecule is CCOCCN(CCOCC)c1cc(Cl)c(F)cc1N. The Balaban J connectivity index is 2.81. The molecule has 0 aliphatic heterocycles. The van der Waals surface area contributed by atoms with E-state index >= 15 is 0 Å². The second-order valence-corrected chi connectivity index (χ2v) is 4.61. The highest BCUT2D eigenvalue weighted by Crippen LogP contribution is 2.29. The number of nitrogens with two attached hydrogens (primary N) is 1. The summed E-state index contributed by atoms with van der Waals surface area (Å²) in [6.07, 6.45) is 0. The molecule has 0 unspecified atom stereocenters. The highest BCUT2D eigenvalue weighted by molar-refractivity contribution is 6.31. The number of anilines is 2. The summed E-state index contributed by atoms with van der Waals surface area (Å²) in [4.78, 5) is 1.99. The monoisotopic (exact) mass is 304 g/mol. The van der Waals surface area contributed by atoms with E-state index in [0.717, 1.165) is 0 Å². The maximum absolute atomic E-state index is 13.4. The zero-order valence-corrected chi connectivity index (χ0v) is 12.8. The predicted molar refractivity (Wildman–Crippen MR) is 81.0 cm³/mol. The number of nitrogens with zero attached hydrogens (tertiary/aromatic N) is 1. The number of hydrogen-bond acceptors (Lipinski definition) is 4. The van der Waals surface area contributed by atoms with Crippen molar-refractivity contribution in [3.8, 4) is 0 Å². The Morgan fingerprint density at radius 1 is 1.15 bits per heavy atom. The van der Waals surface area contributed by atoms with Crippen LogP contribution >= 0.6 is 11.6 Å².